The number of amides is 2. The summed E-state index contributed by atoms with van der Waals surface area (Å²) >= 11 is 3.15. The van der Waals surface area contributed by atoms with Crippen molar-refractivity contribution in [1.82, 2.24) is 10.6 Å². The molecule has 7 heteroatoms. The van der Waals surface area contributed by atoms with E-state index in [-0.39, 0.29) is 28.5 Å². The summed E-state index contributed by atoms with van der Waals surface area (Å²) in [7, 11) is 0. The molecule has 27 heavy (non-hydrogen) atoms. The third-order valence-electron chi connectivity index (χ3n) is 4.68. The Morgan fingerprint density at radius 3 is 2.63 bits per heavy atom. The number of thioether (sulfide) groups is 2. The van der Waals surface area contributed by atoms with Crippen molar-refractivity contribution in [2.45, 2.75) is 28.6 Å². The first kappa shape index (κ1) is 18.3. The molecule has 0 aromatic heterocycles. The van der Waals surface area contributed by atoms with Crippen LogP contribution in [0.5, 0.6) is 0 Å². The second kappa shape index (κ2) is 8.27. The van der Waals surface area contributed by atoms with Gasteiger partial charge in [-0.15, -0.1) is 11.8 Å². The zero-order valence-corrected chi connectivity index (χ0v) is 16.3. The number of para-hydroxylation sites is 1. The lowest BCUT2D eigenvalue weighted by atomic mass is 10.1. The molecule has 0 saturated carbocycles. The molecule has 0 aliphatic carbocycles. The summed E-state index contributed by atoms with van der Waals surface area (Å²) in [5, 5.41) is 8.78. The Labute approximate surface area is 167 Å². The Morgan fingerprint density at radius 2 is 1.81 bits per heavy atom. The SMILES string of the molecule is O=C(NC1SCCC1C(=O)NCc1ccccc1)C1Nc2ccccc2S1. The maximum Gasteiger partial charge on any atom is 0.254 e. The molecule has 3 unspecified atom stereocenters. The Balaban J connectivity index is 1.32. The standard InChI is InChI=1S/C20H21N3O2S2/c24-17(21-12-13-6-2-1-3-7-13)14-10-11-26-19(14)23-18(25)20-22-15-8-4-5-9-16(15)27-20/h1-9,14,19-20,22H,10-12H2,(H,21,24)(H,23,25). The fourth-order valence-electron chi connectivity index (χ4n) is 3.24. The Morgan fingerprint density at radius 1 is 1.04 bits per heavy atom. The summed E-state index contributed by atoms with van der Waals surface area (Å²) < 4.78 is 0. The van der Waals surface area contributed by atoms with Gasteiger partial charge in [0.05, 0.1) is 11.3 Å². The van der Waals surface area contributed by atoms with Gasteiger partial charge in [-0.25, -0.2) is 0 Å². The first-order valence-corrected chi connectivity index (χ1v) is 10.9. The highest BCUT2D eigenvalue weighted by Crippen LogP contribution is 2.38. The number of nitrogens with one attached hydrogen (secondary N) is 3. The summed E-state index contributed by atoms with van der Waals surface area (Å²) in [6.07, 6.45) is 0.779. The number of rotatable bonds is 5. The van der Waals surface area contributed by atoms with Crippen LogP contribution in [0.25, 0.3) is 0 Å². The van der Waals surface area contributed by atoms with E-state index < -0.39 is 0 Å². The minimum absolute atomic E-state index is 0.00414. The molecule has 1 saturated heterocycles. The van der Waals surface area contributed by atoms with E-state index in [9.17, 15) is 9.59 Å². The molecule has 1 fully saturated rings. The molecule has 3 N–H and O–H groups in total. The van der Waals surface area contributed by atoms with Crippen LogP contribution in [-0.2, 0) is 16.1 Å². The molecule has 2 aliphatic heterocycles. The lowest BCUT2D eigenvalue weighted by molar-refractivity contribution is -0.126. The van der Waals surface area contributed by atoms with Crippen LogP contribution in [0.2, 0.25) is 0 Å². The second-order valence-electron chi connectivity index (χ2n) is 6.54. The van der Waals surface area contributed by atoms with Gasteiger partial charge in [-0.05, 0) is 29.9 Å². The smallest absolute Gasteiger partial charge is 0.254 e. The van der Waals surface area contributed by atoms with E-state index in [1.54, 1.807) is 11.8 Å². The van der Waals surface area contributed by atoms with Crippen LogP contribution in [0, 0.1) is 5.92 Å². The molecule has 0 spiro atoms. The Hall–Kier alpha value is -2.12. The van der Waals surface area contributed by atoms with Gasteiger partial charge in [-0.2, -0.15) is 0 Å². The van der Waals surface area contributed by atoms with Gasteiger partial charge in [0, 0.05) is 17.1 Å². The van der Waals surface area contributed by atoms with Crippen LogP contribution in [0.15, 0.2) is 59.5 Å². The maximum atomic E-state index is 12.7. The summed E-state index contributed by atoms with van der Waals surface area (Å²) in [5.41, 5.74) is 2.06. The first-order chi connectivity index (χ1) is 13.2. The fraction of sp³-hybridized carbons (Fsp3) is 0.300. The quantitative estimate of drug-likeness (QED) is 0.721. The summed E-state index contributed by atoms with van der Waals surface area (Å²) in [4.78, 5) is 26.4. The second-order valence-corrected chi connectivity index (χ2v) is 8.93. The molecule has 3 atom stereocenters. The highest BCUT2D eigenvalue weighted by molar-refractivity contribution is 8.01. The number of hydrogen-bond acceptors (Lipinski definition) is 5. The average Bonchev–Trinajstić information content (AvgIpc) is 3.33. The van der Waals surface area contributed by atoms with Gasteiger partial charge in [-0.1, -0.05) is 54.2 Å². The van der Waals surface area contributed by atoms with Crippen molar-refractivity contribution in [3.8, 4) is 0 Å². The van der Waals surface area contributed by atoms with E-state index >= 15 is 0 Å². The van der Waals surface area contributed by atoms with Gasteiger partial charge in [0.2, 0.25) is 5.91 Å². The molecular weight excluding hydrogens is 378 g/mol. The molecule has 4 rings (SSSR count). The summed E-state index contributed by atoms with van der Waals surface area (Å²) in [6, 6.07) is 17.7. The van der Waals surface area contributed by atoms with Crippen molar-refractivity contribution in [2.75, 3.05) is 11.1 Å². The largest absolute Gasteiger partial charge is 0.364 e. The van der Waals surface area contributed by atoms with E-state index in [0.29, 0.717) is 6.54 Å². The van der Waals surface area contributed by atoms with E-state index in [4.69, 9.17) is 0 Å². The molecule has 0 bridgehead atoms. The number of carbonyl (C=O) groups excluding carboxylic acids is 2. The third-order valence-corrected chi connectivity index (χ3v) is 7.13. The van der Waals surface area contributed by atoms with Crippen molar-refractivity contribution in [3.63, 3.8) is 0 Å². The molecule has 140 valence electrons. The Kier molecular flexibility index (Phi) is 5.59. The zero-order chi connectivity index (χ0) is 18.6. The van der Waals surface area contributed by atoms with Crippen LogP contribution < -0.4 is 16.0 Å². The summed E-state index contributed by atoms with van der Waals surface area (Å²) in [5.74, 6) is 0.609. The van der Waals surface area contributed by atoms with Crippen LogP contribution in [0.3, 0.4) is 0 Å². The zero-order valence-electron chi connectivity index (χ0n) is 14.7. The van der Waals surface area contributed by atoms with Crippen LogP contribution >= 0.6 is 23.5 Å². The molecule has 0 radical (unpaired) electrons. The third kappa shape index (κ3) is 4.25. The number of carbonyl (C=O) groups is 2. The number of fused-ring (bicyclic) bond motifs is 1. The lowest BCUT2D eigenvalue weighted by Gasteiger charge is -2.21. The van der Waals surface area contributed by atoms with E-state index in [1.807, 2.05) is 54.6 Å². The maximum absolute atomic E-state index is 12.7. The van der Waals surface area contributed by atoms with Gasteiger partial charge in [-0.3, -0.25) is 9.59 Å². The van der Waals surface area contributed by atoms with E-state index in [0.717, 1.165) is 28.3 Å². The van der Waals surface area contributed by atoms with Gasteiger partial charge in [0.15, 0.2) is 5.37 Å². The summed E-state index contributed by atoms with van der Waals surface area (Å²) in [6.45, 7) is 0.511. The van der Waals surface area contributed by atoms with E-state index in [2.05, 4.69) is 16.0 Å². The van der Waals surface area contributed by atoms with Gasteiger partial charge in [0.1, 0.15) is 0 Å². The van der Waals surface area contributed by atoms with Crippen molar-refractivity contribution < 1.29 is 9.59 Å². The van der Waals surface area contributed by atoms with Crippen LogP contribution in [0.1, 0.15) is 12.0 Å². The molecular formula is C20H21N3O2S2. The lowest BCUT2D eigenvalue weighted by Crippen LogP contribution is -2.46. The number of benzene rings is 2. The average molecular weight is 400 g/mol. The molecule has 2 heterocycles. The van der Waals surface area contributed by atoms with Crippen LogP contribution in [0.4, 0.5) is 5.69 Å². The van der Waals surface area contributed by atoms with Crippen molar-refractivity contribution in [2.24, 2.45) is 5.92 Å². The normalized spacial score (nSPS) is 23.3. The molecule has 2 aliphatic rings. The predicted octanol–water partition coefficient (Wildman–Crippen LogP) is 3.04. The fourth-order valence-corrected chi connectivity index (χ4v) is 5.60. The van der Waals surface area contributed by atoms with Crippen molar-refractivity contribution in [1.29, 1.82) is 0 Å². The van der Waals surface area contributed by atoms with Gasteiger partial charge >= 0.3 is 0 Å². The number of anilines is 1. The van der Waals surface area contributed by atoms with Crippen LogP contribution in [-0.4, -0.2) is 28.3 Å². The molecule has 5 nitrogen and oxygen atoms in total. The molecule has 2 aromatic rings. The van der Waals surface area contributed by atoms with Crippen molar-refractivity contribution >= 4 is 41.0 Å². The highest BCUT2D eigenvalue weighted by atomic mass is 32.2. The number of hydrogen-bond donors (Lipinski definition) is 3. The minimum atomic E-state index is -0.350. The highest BCUT2D eigenvalue weighted by Gasteiger charge is 2.37. The topological polar surface area (TPSA) is 70.2 Å². The van der Waals surface area contributed by atoms with Crippen molar-refractivity contribution in [3.05, 3.63) is 60.2 Å². The van der Waals surface area contributed by atoms with E-state index in [1.165, 1.54) is 11.8 Å². The molecule has 2 amide bonds. The monoisotopic (exact) mass is 399 g/mol. The first-order valence-electron chi connectivity index (χ1n) is 8.96. The minimum Gasteiger partial charge on any atom is -0.364 e. The van der Waals surface area contributed by atoms with Gasteiger partial charge in [0.25, 0.3) is 5.91 Å². The predicted molar refractivity (Wildman–Crippen MR) is 110 cm³/mol. The Bertz CT molecular complexity index is 806. The van der Waals surface area contributed by atoms with Gasteiger partial charge < -0.3 is 16.0 Å². The molecule has 2 aromatic carbocycles.